The average molecular weight is 383 g/mol. The maximum atomic E-state index is 6.61. The number of halogens is 1. The van der Waals surface area contributed by atoms with Crippen LogP contribution in [-0.2, 0) is 0 Å². The summed E-state index contributed by atoms with van der Waals surface area (Å²) in [6.45, 7) is 0. The molecule has 140 valence electrons. The van der Waals surface area contributed by atoms with E-state index in [1.54, 1.807) is 7.11 Å². The fourth-order valence-electron chi connectivity index (χ4n) is 4.55. The van der Waals surface area contributed by atoms with Crippen molar-refractivity contribution in [1.29, 1.82) is 0 Å². The van der Waals surface area contributed by atoms with Crippen LogP contribution in [0.5, 0.6) is 11.5 Å². The molecule has 2 heterocycles. The number of nitrogens with one attached hydrogen (secondary N) is 1. The van der Waals surface area contributed by atoms with Crippen molar-refractivity contribution in [1.82, 2.24) is 10.4 Å². The van der Waals surface area contributed by atoms with E-state index in [0.717, 1.165) is 46.2 Å². The zero-order chi connectivity index (χ0) is 18.4. The van der Waals surface area contributed by atoms with Crippen molar-refractivity contribution < 1.29 is 9.47 Å². The fraction of sp³-hybridized carbons (Fsp3) is 0.364. The topological polar surface area (TPSA) is 33.7 Å². The van der Waals surface area contributed by atoms with Gasteiger partial charge in [-0.2, -0.15) is 5.01 Å². The first-order valence-electron chi connectivity index (χ1n) is 9.59. The number of benzene rings is 2. The molecule has 2 aromatic rings. The lowest BCUT2D eigenvalue weighted by Gasteiger charge is -2.50. The van der Waals surface area contributed by atoms with Gasteiger partial charge in [0.15, 0.2) is 5.72 Å². The largest absolute Gasteiger partial charge is 0.497 e. The summed E-state index contributed by atoms with van der Waals surface area (Å²) >= 11 is 6.31. The molecule has 1 atom stereocenters. The quantitative estimate of drug-likeness (QED) is 0.763. The Labute approximate surface area is 164 Å². The van der Waals surface area contributed by atoms with Crippen LogP contribution in [0.4, 0.5) is 0 Å². The molecule has 4 nitrogen and oxygen atoms in total. The van der Waals surface area contributed by atoms with Gasteiger partial charge in [0.2, 0.25) is 0 Å². The normalized spacial score (nSPS) is 23.0. The molecular weight excluding hydrogens is 360 g/mol. The van der Waals surface area contributed by atoms with Crippen LogP contribution in [0.2, 0.25) is 5.02 Å². The van der Waals surface area contributed by atoms with Crippen LogP contribution >= 0.6 is 11.6 Å². The molecule has 0 aromatic heterocycles. The first kappa shape index (κ1) is 17.0. The summed E-state index contributed by atoms with van der Waals surface area (Å²) in [4.78, 5) is 0. The molecule has 5 heteroatoms. The van der Waals surface area contributed by atoms with E-state index in [0.29, 0.717) is 0 Å². The Hall–Kier alpha value is -2.17. The molecule has 2 aromatic carbocycles. The van der Waals surface area contributed by atoms with Crippen LogP contribution in [0, 0.1) is 0 Å². The molecule has 3 aliphatic rings. The van der Waals surface area contributed by atoms with E-state index in [2.05, 4.69) is 28.6 Å². The predicted molar refractivity (Wildman–Crippen MR) is 107 cm³/mol. The van der Waals surface area contributed by atoms with Crippen LogP contribution in [0.15, 0.2) is 48.5 Å². The van der Waals surface area contributed by atoms with E-state index in [4.69, 9.17) is 21.1 Å². The van der Waals surface area contributed by atoms with Crippen molar-refractivity contribution in [3.05, 3.63) is 64.7 Å². The smallest absolute Gasteiger partial charge is 0.180 e. The summed E-state index contributed by atoms with van der Waals surface area (Å²) in [5, 5.41) is 3.04. The summed E-state index contributed by atoms with van der Waals surface area (Å²) in [7, 11) is 1.70. The third-order valence-electron chi connectivity index (χ3n) is 5.89. The zero-order valence-corrected chi connectivity index (χ0v) is 16.1. The third-order valence-corrected chi connectivity index (χ3v) is 6.12. The highest BCUT2D eigenvalue weighted by molar-refractivity contribution is 6.30. The number of fused-ring (bicyclic) bond motifs is 4. The molecule has 1 fully saturated rings. The Balaban J connectivity index is 1.59. The van der Waals surface area contributed by atoms with Crippen molar-refractivity contribution in [2.75, 3.05) is 7.11 Å². The van der Waals surface area contributed by atoms with E-state index in [1.807, 2.05) is 30.3 Å². The number of methoxy groups -OCH3 is 1. The second-order valence-electron chi connectivity index (χ2n) is 7.53. The number of ether oxygens (including phenoxy) is 2. The van der Waals surface area contributed by atoms with E-state index in [-0.39, 0.29) is 11.8 Å². The standard InChI is InChI=1S/C22H23ClN2O2/c1-26-17-7-5-6-15(12-17)19-14-20-18-13-16(23)8-9-21(18)27-22(25(20)24-19)10-3-2-4-11-22/h5-9,12-14,20,24H,2-4,10-11H2,1H3. The van der Waals surface area contributed by atoms with Gasteiger partial charge in [-0.05, 0) is 49.2 Å². The summed E-state index contributed by atoms with van der Waals surface area (Å²) < 4.78 is 12.0. The number of nitrogens with zero attached hydrogens (tertiary/aromatic N) is 1. The van der Waals surface area contributed by atoms with Gasteiger partial charge in [0.1, 0.15) is 11.5 Å². The van der Waals surface area contributed by atoms with Crippen LogP contribution in [0.25, 0.3) is 5.70 Å². The Morgan fingerprint density at radius 1 is 1.15 bits per heavy atom. The van der Waals surface area contributed by atoms with Gasteiger partial charge in [-0.25, -0.2) is 0 Å². The molecule has 2 aliphatic heterocycles. The molecule has 1 aliphatic carbocycles. The van der Waals surface area contributed by atoms with Crippen molar-refractivity contribution in [3.63, 3.8) is 0 Å². The van der Waals surface area contributed by atoms with Gasteiger partial charge in [-0.3, -0.25) is 0 Å². The van der Waals surface area contributed by atoms with Gasteiger partial charge in [0.25, 0.3) is 0 Å². The highest BCUT2D eigenvalue weighted by Gasteiger charge is 2.50. The Morgan fingerprint density at radius 2 is 2.00 bits per heavy atom. The van der Waals surface area contributed by atoms with Crippen LogP contribution in [0.3, 0.4) is 0 Å². The predicted octanol–water partition coefficient (Wildman–Crippen LogP) is 5.30. The van der Waals surface area contributed by atoms with Crippen molar-refractivity contribution in [2.45, 2.75) is 43.9 Å². The van der Waals surface area contributed by atoms with Gasteiger partial charge >= 0.3 is 0 Å². The number of hydrazine groups is 1. The minimum Gasteiger partial charge on any atom is -0.497 e. The maximum absolute atomic E-state index is 6.61. The lowest BCUT2D eigenvalue weighted by atomic mass is 9.87. The molecular formula is C22H23ClN2O2. The lowest BCUT2D eigenvalue weighted by Crippen LogP contribution is -2.60. The number of hydrogen-bond donors (Lipinski definition) is 1. The van der Waals surface area contributed by atoms with Gasteiger partial charge in [0, 0.05) is 29.0 Å². The van der Waals surface area contributed by atoms with Crippen LogP contribution in [0.1, 0.15) is 49.3 Å². The molecule has 0 amide bonds. The average Bonchev–Trinajstić information content (AvgIpc) is 3.17. The van der Waals surface area contributed by atoms with Crippen molar-refractivity contribution in [2.24, 2.45) is 0 Å². The van der Waals surface area contributed by atoms with Gasteiger partial charge in [-0.1, -0.05) is 30.2 Å². The van der Waals surface area contributed by atoms with Crippen molar-refractivity contribution in [3.8, 4) is 11.5 Å². The highest BCUT2D eigenvalue weighted by atomic mass is 35.5. The molecule has 5 rings (SSSR count). The van der Waals surface area contributed by atoms with E-state index in [9.17, 15) is 0 Å². The summed E-state index contributed by atoms with van der Waals surface area (Å²) in [6, 6.07) is 14.2. The molecule has 27 heavy (non-hydrogen) atoms. The lowest BCUT2D eigenvalue weighted by molar-refractivity contribution is -0.150. The van der Waals surface area contributed by atoms with E-state index < -0.39 is 0 Å². The molecule has 1 spiro atoms. The fourth-order valence-corrected chi connectivity index (χ4v) is 4.73. The first-order chi connectivity index (χ1) is 13.2. The molecule has 0 saturated heterocycles. The molecule has 1 saturated carbocycles. The molecule has 0 radical (unpaired) electrons. The van der Waals surface area contributed by atoms with Crippen molar-refractivity contribution >= 4 is 17.3 Å². The first-order valence-corrected chi connectivity index (χ1v) is 9.97. The summed E-state index contributed by atoms with van der Waals surface area (Å²) in [6.07, 6.45) is 7.97. The minimum atomic E-state index is -0.305. The van der Waals surface area contributed by atoms with E-state index in [1.165, 1.54) is 19.3 Å². The zero-order valence-electron chi connectivity index (χ0n) is 15.4. The Kier molecular flexibility index (Phi) is 4.06. The summed E-state index contributed by atoms with van der Waals surface area (Å²) in [5.41, 5.74) is 6.66. The third kappa shape index (κ3) is 2.79. The second-order valence-corrected chi connectivity index (χ2v) is 7.97. The van der Waals surface area contributed by atoms with Crippen LogP contribution in [-0.4, -0.2) is 17.8 Å². The van der Waals surface area contributed by atoms with Crippen LogP contribution < -0.4 is 14.9 Å². The SMILES string of the molecule is COc1cccc(C2=CC3c4cc(Cl)ccc4OC4(CCCCC4)N3N2)c1. The van der Waals surface area contributed by atoms with E-state index >= 15 is 0 Å². The second kappa shape index (κ2) is 6.47. The molecule has 1 unspecified atom stereocenters. The van der Waals surface area contributed by atoms with Gasteiger partial charge in [0.05, 0.1) is 18.8 Å². The Bertz CT molecular complexity index is 905. The molecule has 1 N–H and O–H groups in total. The molecule has 0 bridgehead atoms. The summed E-state index contributed by atoms with van der Waals surface area (Å²) in [5.74, 6) is 1.81. The maximum Gasteiger partial charge on any atom is 0.180 e. The van der Waals surface area contributed by atoms with Gasteiger partial charge in [-0.15, -0.1) is 0 Å². The number of rotatable bonds is 2. The number of hydrogen-bond acceptors (Lipinski definition) is 4. The monoisotopic (exact) mass is 382 g/mol. The van der Waals surface area contributed by atoms with Gasteiger partial charge < -0.3 is 14.9 Å². The highest BCUT2D eigenvalue weighted by Crippen LogP contribution is 2.50. The minimum absolute atomic E-state index is 0.103. The Morgan fingerprint density at radius 3 is 2.81 bits per heavy atom.